The van der Waals surface area contributed by atoms with Crippen LogP contribution in [-0.4, -0.2) is 42.9 Å². The molecular weight excluding hydrogens is 357 g/mol. The third-order valence-electron chi connectivity index (χ3n) is 3.94. The van der Waals surface area contributed by atoms with Gasteiger partial charge in [0.05, 0.1) is 4.90 Å². The molecular formula is C15H21Cl2N3O2S. The van der Waals surface area contributed by atoms with Gasteiger partial charge in [-0.05, 0) is 37.4 Å². The number of piperazine rings is 1. The lowest BCUT2D eigenvalue weighted by atomic mass is 10.2. The number of fused-ring (bicyclic) bond motifs is 1. The number of nitrogens with one attached hydrogen (secondary N) is 1. The van der Waals surface area contributed by atoms with Gasteiger partial charge in [0.25, 0.3) is 0 Å². The quantitative estimate of drug-likeness (QED) is 0.872. The smallest absolute Gasteiger partial charge is 0.243 e. The van der Waals surface area contributed by atoms with Crippen LogP contribution in [0, 0.1) is 0 Å². The number of benzene rings is 1. The van der Waals surface area contributed by atoms with Crippen molar-refractivity contribution in [1.29, 1.82) is 0 Å². The Kier molecular flexibility index (Phi) is 6.80. The fraction of sp³-hybridized carbons (Fsp3) is 0.400. The van der Waals surface area contributed by atoms with Crippen LogP contribution in [0.2, 0.25) is 0 Å². The molecule has 1 N–H and O–H groups in total. The predicted molar refractivity (Wildman–Crippen MR) is 97.1 cm³/mol. The van der Waals surface area contributed by atoms with Gasteiger partial charge in [-0.15, -0.1) is 24.8 Å². The van der Waals surface area contributed by atoms with Gasteiger partial charge in [-0.1, -0.05) is 6.07 Å². The van der Waals surface area contributed by atoms with Gasteiger partial charge in [-0.3, -0.25) is 4.98 Å². The highest BCUT2D eigenvalue weighted by Crippen LogP contribution is 2.25. The summed E-state index contributed by atoms with van der Waals surface area (Å²) in [6.45, 7) is 5.23. The number of halogens is 2. The Morgan fingerprint density at radius 1 is 1.09 bits per heavy atom. The molecule has 0 radical (unpaired) electrons. The summed E-state index contributed by atoms with van der Waals surface area (Å²) in [4.78, 5) is 4.40. The number of hydrogen-bond acceptors (Lipinski definition) is 4. The maximum Gasteiger partial charge on any atom is 0.243 e. The highest BCUT2D eigenvalue weighted by molar-refractivity contribution is 7.89. The van der Waals surface area contributed by atoms with Gasteiger partial charge >= 0.3 is 0 Å². The van der Waals surface area contributed by atoms with E-state index in [9.17, 15) is 8.42 Å². The monoisotopic (exact) mass is 377 g/mol. The first-order chi connectivity index (χ1) is 10.00. The Hall–Kier alpha value is -0.920. The molecule has 1 aromatic heterocycles. The molecule has 0 amide bonds. The fourth-order valence-corrected chi connectivity index (χ4v) is 4.79. The molecule has 2 unspecified atom stereocenters. The molecule has 2 aromatic rings. The standard InChI is InChI=1S/C15H19N3O2S.2ClH/c1-11-8-17-9-12(2)18(11)21(19,20)15-4-3-14-10-16-6-5-13(14)7-15;;/h3-7,10-12,17H,8-9H2,1-2H3;2*1H. The van der Waals surface area contributed by atoms with E-state index in [-0.39, 0.29) is 36.9 Å². The van der Waals surface area contributed by atoms with Crippen molar-refractivity contribution in [2.45, 2.75) is 30.8 Å². The summed E-state index contributed by atoms with van der Waals surface area (Å²) in [5, 5.41) is 5.09. The van der Waals surface area contributed by atoms with Gasteiger partial charge in [0, 0.05) is 43.0 Å². The number of pyridine rings is 1. The number of sulfonamides is 1. The second-order valence-corrected chi connectivity index (χ2v) is 7.42. The van der Waals surface area contributed by atoms with E-state index in [1.54, 1.807) is 28.8 Å². The molecule has 2 atom stereocenters. The van der Waals surface area contributed by atoms with E-state index in [0.29, 0.717) is 18.0 Å². The van der Waals surface area contributed by atoms with Crippen LogP contribution in [0.15, 0.2) is 41.6 Å². The molecule has 2 heterocycles. The largest absolute Gasteiger partial charge is 0.314 e. The summed E-state index contributed by atoms with van der Waals surface area (Å²) in [5.41, 5.74) is 0. The minimum absolute atomic E-state index is 0. The second kappa shape index (κ2) is 7.77. The van der Waals surface area contributed by atoms with Crippen molar-refractivity contribution in [2.75, 3.05) is 13.1 Å². The molecule has 0 saturated carbocycles. The molecule has 128 valence electrons. The molecule has 5 nitrogen and oxygen atoms in total. The van der Waals surface area contributed by atoms with E-state index < -0.39 is 10.0 Å². The van der Waals surface area contributed by atoms with Crippen molar-refractivity contribution in [3.05, 3.63) is 36.7 Å². The summed E-state index contributed by atoms with van der Waals surface area (Å²) in [5.74, 6) is 0. The lowest BCUT2D eigenvalue weighted by Crippen LogP contribution is -2.57. The minimum Gasteiger partial charge on any atom is -0.314 e. The van der Waals surface area contributed by atoms with Crippen LogP contribution in [0.5, 0.6) is 0 Å². The Bertz CT molecular complexity index is 760. The number of aromatic nitrogens is 1. The maximum atomic E-state index is 12.9. The summed E-state index contributed by atoms with van der Waals surface area (Å²) < 4.78 is 27.5. The highest BCUT2D eigenvalue weighted by Gasteiger charge is 2.35. The Labute approximate surface area is 149 Å². The second-order valence-electron chi connectivity index (χ2n) is 5.58. The first kappa shape index (κ1) is 20.1. The van der Waals surface area contributed by atoms with Crippen molar-refractivity contribution in [3.8, 4) is 0 Å². The van der Waals surface area contributed by atoms with Gasteiger partial charge in [0.2, 0.25) is 10.0 Å². The van der Waals surface area contributed by atoms with Crippen molar-refractivity contribution in [1.82, 2.24) is 14.6 Å². The van der Waals surface area contributed by atoms with Crippen LogP contribution >= 0.6 is 24.8 Å². The zero-order valence-electron chi connectivity index (χ0n) is 13.0. The summed E-state index contributed by atoms with van der Waals surface area (Å²) in [7, 11) is -3.48. The molecule has 23 heavy (non-hydrogen) atoms. The highest BCUT2D eigenvalue weighted by atomic mass is 35.5. The van der Waals surface area contributed by atoms with Gasteiger partial charge in [0.15, 0.2) is 0 Å². The van der Waals surface area contributed by atoms with Gasteiger partial charge in [0.1, 0.15) is 0 Å². The van der Waals surface area contributed by atoms with Crippen LogP contribution in [0.25, 0.3) is 10.8 Å². The van der Waals surface area contributed by atoms with Crippen molar-refractivity contribution in [2.24, 2.45) is 0 Å². The summed E-state index contributed by atoms with van der Waals surface area (Å²) in [6, 6.07) is 6.94. The van der Waals surface area contributed by atoms with Crippen LogP contribution in [-0.2, 0) is 10.0 Å². The lowest BCUT2D eigenvalue weighted by molar-refractivity contribution is 0.220. The number of rotatable bonds is 2. The average Bonchev–Trinajstić information content (AvgIpc) is 2.46. The predicted octanol–water partition coefficient (Wildman–Crippen LogP) is 2.45. The molecule has 3 rings (SSSR count). The Morgan fingerprint density at radius 3 is 2.39 bits per heavy atom. The zero-order chi connectivity index (χ0) is 15.0. The first-order valence-corrected chi connectivity index (χ1v) is 8.52. The first-order valence-electron chi connectivity index (χ1n) is 7.08. The van der Waals surface area contributed by atoms with Crippen molar-refractivity contribution < 1.29 is 8.42 Å². The molecule has 8 heteroatoms. The van der Waals surface area contributed by atoms with Crippen molar-refractivity contribution >= 4 is 45.6 Å². The molecule has 1 fully saturated rings. The van der Waals surface area contributed by atoms with Crippen LogP contribution in [0.3, 0.4) is 0 Å². The zero-order valence-corrected chi connectivity index (χ0v) is 15.4. The van der Waals surface area contributed by atoms with E-state index in [2.05, 4.69) is 10.3 Å². The SMILES string of the molecule is CC1CNCC(C)N1S(=O)(=O)c1ccc2cnccc2c1.Cl.Cl. The van der Waals surface area contributed by atoms with Crippen molar-refractivity contribution in [3.63, 3.8) is 0 Å². The van der Waals surface area contributed by atoms with Crippen LogP contribution < -0.4 is 5.32 Å². The Morgan fingerprint density at radius 2 is 1.74 bits per heavy atom. The number of nitrogens with zero attached hydrogens (tertiary/aromatic N) is 2. The average molecular weight is 378 g/mol. The van der Waals surface area contributed by atoms with E-state index in [1.807, 2.05) is 26.0 Å². The fourth-order valence-electron chi connectivity index (χ4n) is 2.93. The molecule has 1 aliphatic rings. The maximum absolute atomic E-state index is 12.9. The van der Waals surface area contributed by atoms with E-state index >= 15 is 0 Å². The van der Waals surface area contributed by atoms with Crippen LogP contribution in [0.1, 0.15) is 13.8 Å². The number of hydrogen-bond donors (Lipinski definition) is 1. The molecule has 0 aliphatic carbocycles. The van der Waals surface area contributed by atoms with E-state index in [0.717, 1.165) is 10.8 Å². The molecule has 0 bridgehead atoms. The third kappa shape index (κ3) is 3.78. The Balaban J connectivity index is 0.00000132. The topological polar surface area (TPSA) is 62.3 Å². The van der Waals surface area contributed by atoms with E-state index in [4.69, 9.17) is 0 Å². The van der Waals surface area contributed by atoms with Gasteiger partial charge < -0.3 is 5.32 Å². The molecule has 1 aromatic carbocycles. The molecule has 1 saturated heterocycles. The van der Waals surface area contributed by atoms with E-state index in [1.165, 1.54) is 0 Å². The third-order valence-corrected chi connectivity index (χ3v) is 6.06. The summed E-state index contributed by atoms with van der Waals surface area (Å²) >= 11 is 0. The normalized spacial score (nSPS) is 22.2. The van der Waals surface area contributed by atoms with Gasteiger partial charge in [-0.25, -0.2) is 8.42 Å². The van der Waals surface area contributed by atoms with Gasteiger partial charge in [-0.2, -0.15) is 4.31 Å². The molecule has 1 aliphatic heterocycles. The lowest BCUT2D eigenvalue weighted by Gasteiger charge is -2.38. The summed E-state index contributed by atoms with van der Waals surface area (Å²) in [6.07, 6.45) is 3.41. The van der Waals surface area contributed by atoms with Crippen LogP contribution in [0.4, 0.5) is 0 Å². The minimum atomic E-state index is -3.48. The molecule has 0 spiro atoms.